The first-order chi connectivity index (χ1) is 18.1. The second-order valence-corrected chi connectivity index (χ2v) is 10.1. The number of carbonyl (C=O) groups excluding carboxylic acids is 1. The minimum absolute atomic E-state index is 0.262. The van der Waals surface area contributed by atoms with Gasteiger partial charge in [-0.15, -0.1) is 0 Å². The maximum absolute atomic E-state index is 13.5. The van der Waals surface area contributed by atoms with E-state index in [1.54, 1.807) is 0 Å². The van der Waals surface area contributed by atoms with Crippen LogP contribution < -0.4 is 15.3 Å². The Kier molecular flexibility index (Phi) is 5.77. The number of amides is 1. The van der Waals surface area contributed by atoms with Gasteiger partial charge in [-0.2, -0.15) is 10.2 Å². The quantitative estimate of drug-likeness (QED) is 0.343. The third-order valence-electron chi connectivity index (χ3n) is 6.43. The number of hydrazone groups is 2. The van der Waals surface area contributed by atoms with Gasteiger partial charge < -0.3 is 5.32 Å². The number of carbonyl (C=O) groups is 1. The normalized spacial score (nSPS) is 18.3. The Labute approximate surface area is 220 Å². The van der Waals surface area contributed by atoms with Crippen molar-refractivity contribution in [3.8, 4) is 0 Å². The zero-order valence-corrected chi connectivity index (χ0v) is 21.3. The maximum atomic E-state index is 13.5. The Bertz CT molecular complexity index is 1520. The molecule has 2 aliphatic rings. The van der Waals surface area contributed by atoms with Crippen molar-refractivity contribution in [1.29, 1.82) is 0 Å². The monoisotopic (exact) mass is 503 g/mol. The number of hydrogen-bond acceptors (Lipinski definition) is 6. The van der Waals surface area contributed by atoms with E-state index in [9.17, 15) is 4.79 Å². The molecular weight excluding hydrogens is 478 g/mol. The number of benzene rings is 4. The molecule has 1 spiro atoms. The molecule has 1 atom stereocenters. The van der Waals surface area contributed by atoms with E-state index < -0.39 is 4.99 Å². The summed E-state index contributed by atoms with van der Waals surface area (Å²) in [6, 6.07) is 35.9. The van der Waals surface area contributed by atoms with Gasteiger partial charge in [-0.1, -0.05) is 78.4 Å². The summed E-state index contributed by atoms with van der Waals surface area (Å²) in [6.07, 6.45) is 0. The molecule has 2 aliphatic heterocycles. The highest BCUT2D eigenvalue weighted by Gasteiger charge is 2.55. The molecule has 0 radical (unpaired) electrons. The van der Waals surface area contributed by atoms with Crippen molar-refractivity contribution in [2.45, 2.75) is 18.8 Å². The molecule has 4 aromatic rings. The first-order valence-corrected chi connectivity index (χ1v) is 12.9. The smallest absolute Gasteiger partial charge is 0.282 e. The lowest BCUT2D eigenvalue weighted by molar-refractivity contribution is -0.110. The van der Waals surface area contributed by atoms with Gasteiger partial charge in [0.05, 0.1) is 17.1 Å². The van der Waals surface area contributed by atoms with Gasteiger partial charge in [0.25, 0.3) is 5.91 Å². The maximum Gasteiger partial charge on any atom is 0.282 e. The summed E-state index contributed by atoms with van der Waals surface area (Å²) in [5, 5.41) is 17.3. The third kappa shape index (κ3) is 3.97. The van der Waals surface area contributed by atoms with Crippen molar-refractivity contribution >= 4 is 45.5 Å². The van der Waals surface area contributed by atoms with Gasteiger partial charge in [-0.3, -0.25) is 4.79 Å². The first-order valence-electron chi connectivity index (χ1n) is 12.1. The Morgan fingerprint density at radius 1 is 0.730 bits per heavy atom. The van der Waals surface area contributed by atoms with Gasteiger partial charge in [-0.05, 0) is 62.0 Å². The molecule has 0 bridgehead atoms. The lowest BCUT2D eigenvalue weighted by Gasteiger charge is -2.46. The highest BCUT2D eigenvalue weighted by atomic mass is 32.2. The predicted octanol–water partition coefficient (Wildman–Crippen LogP) is 6.56. The number of rotatable bonds is 4. The van der Waals surface area contributed by atoms with Crippen LogP contribution in [0.5, 0.6) is 0 Å². The van der Waals surface area contributed by atoms with Crippen LogP contribution >= 0.6 is 11.8 Å². The van der Waals surface area contributed by atoms with Crippen LogP contribution in [0.25, 0.3) is 0 Å². The molecule has 6 nitrogen and oxygen atoms in total. The summed E-state index contributed by atoms with van der Waals surface area (Å²) in [4.78, 5) is 12.6. The van der Waals surface area contributed by atoms with Gasteiger partial charge in [0.15, 0.2) is 5.04 Å². The SMILES string of the molecule is CC1=NN(c2ccccc2)[C@]2(SC(C(=O)Nc3ccccc3)=NN2c2ccc(C)cc2)c2ccccc21. The van der Waals surface area contributed by atoms with Gasteiger partial charge in [0, 0.05) is 16.8 Å². The standard InChI is InChI=1S/C30H25N5OS/c1-21-17-19-25(20-18-21)35-30(37-29(33-35)28(36)31-23-11-5-3-6-12-23)27-16-10-9-15-26(27)22(2)32-34(30)24-13-7-4-8-14-24/h3-20H,1-2H3,(H,31,36)/t30-/m1/s1. The van der Waals surface area contributed by atoms with Crippen LogP contribution in [-0.4, -0.2) is 16.7 Å². The summed E-state index contributed by atoms with van der Waals surface area (Å²) in [7, 11) is 0. The van der Waals surface area contributed by atoms with E-state index in [4.69, 9.17) is 10.2 Å². The average molecular weight is 504 g/mol. The number of fused-ring (bicyclic) bond motifs is 2. The Balaban J connectivity index is 1.54. The second-order valence-electron chi connectivity index (χ2n) is 8.96. The van der Waals surface area contributed by atoms with Crippen molar-refractivity contribution in [3.05, 3.63) is 126 Å². The third-order valence-corrected chi connectivity index (χ3v) is 7.74. The zero-order valence-electron chi connectivity index (χ0n) is 20.5. The molecular formula is C30H25N5OS. The minimum atomic E-state index is -0.948. The van der Waals surface area contributed by atoms with E-state index in [-0.39, 0.29) is 5.91 Å². The van der Waals surface area contributed by atoms with Gasteiger partial charge >= 0.3 is 0 Å². The fourth-order valence-corrected chi connectivity index (χ4v) is 5.94. The molecule has 0 fully saturated rings. The van der Waals surface area contributed by atoms with Crippen molar-refractivity contribution < 1.29 is 4.79 Å². The zero-order chi connectivity index (χ0) is 25.4. The lowest BCUT2D eigenvalue weighted by Crippen LogP contribution is -2.53. The number of aryl methyl sites for hydroxylation is 1. The molecule has 0 aliphatic carbocycles. The number of thioether (sulfide) groups is 1. The Morgan fingerprint density at radius 3 is 2.05 bits per heavy atom. The predicted molar refractivity (Wildman–Crippen MR) is 153 cm³/mol. The fraction of sp³-hybridized carbons (Fsp3) is 0.100. The summed E-state index contributed by atoms with van der Waals surface area (Å²) >= 11 is 1.40. The van der Waals surface area contributed by atoms with Crippen molar-refractivity contribution in [2.24, 2.45) is 10.2 Å². The van der Waals surface area contributed by atoms with Crippen molar-refractivity contribution in [1.82, 2.24) is 0 Å². The molecule has 0 saturated heterocycles. The molecule has 1 N–H and O–H groups in total. The van der Waals surface area contributed by atoms with Crippen LogP contribution in [0.15, 0.2) is 119 Å². The molecule has 0 saturated carbocycles. The topological polar surface area (TPSA) is 60.3 Å². The number of hydrogen-bond donors (Lipinski definition) is 1. The van der Waals surface area contributed by atoms with Crippen LogP contribution in [0.3, 0.4) is 0 Å². The molecule has 4 aromatic carbocycles. The lowest BCUT2D eigenvalue weighted by atomic mass is 9.98. The molecule has 6 rings (SSSR count). The van der Waals surface area contributed by atoms with E-state index in [0.717, 1.165) is 39.5 Å². The molecule has 182 valence electrons. The summed E-state index contributed by atoms with van der Waals surface area (Å²) in [5.41, 5.74) is 6.58. The molecule has 7 heteroatoms. The van der Waals surface area contributed by atoms with Crippen molar-refractivity contribution in [3.63, 3.8) is 0 Å². The number of nitrogens with zero attached hydrogens (tertiary/aromatic N) is 4. The Morgan fingerprint density at radius 2 is 1.32 bits per heavy atom. The number of para-hydroxylation sites is 2. The van der Waals surface area contributed by atoms with E-state index in [0.29, 0.717) is 5.04 Å². The van der Waals surface area contributed by atoms with Crippen LogP contribution in [0.1, 0.15) is 23.6 Å². The molecule has 1 amide bonds. The van der Waals surface area contributed by atoms with Crippen LogP contribution in [-0.2, 0) is 9.79 Å². The van der Waals surface area contributed by atoms with Crippen LogP contribution in [0.2, 0.25) is 0 Å². The van der Waals surface area contributed by atoms with Crippen molar-refractivity contribution in [2.75, 3.05) is 15.3 Å². The molecule has 0 unspecified atom stereocenters. The summed E-state index contributed by atoms with van der Waals surface area (Å²) < 4.78 is 0. The van der Waals surface area contributed by atoms with E-state index in [2.05, 4.69) is 36.5 Å². The van der Waals surface area contributed by atoms with E-state index in [1.807, 2.05) is 102 Å². The van der Waals surface area contributed by atoms with E-state index >= 15 is 0 Å². The van der Waals surface area contributed by atoms with Crippen LogP contribution in [0.4, 0.5) is 17.1 Å². The fourth-order valence-electron chi connectivity index (χ4n) is 4.65. The number of nitrogens with one attached hydrogen (secondary N) is 1. The number of anilines is 3. The summed E-state index contributed by atoms with van der Waals surface area (Å²) in [6.45, 7) is 4.07. The minimum Gasteiger partial charge on any atom is -0.320 e. The highest BCUT2D eigenvalue weighted by molar-refractivity contribution is 8.17. The highest BCUT2D eigenvalue weighted by Crippen LogP contribution is 2.54. The average Bonchev–Trinajstić information content (AvgIpc) is 3.34. The molecule has 0 aromatic heterocycles. The second kappa shape index (κ2) is 9.26. The van der Waals surface area contributed by atoms with Gasteiger partial charge in [0.1, 0.15) is 0 Å². The Hall–Kier alpha value is -4.36. The van der Waals surface area contributed by atoms with Gasteiger partial charge in [-0.25, -0.2) is 10.0 Å². The molecule has 2 heterocycles. The van der Waals surface area contributed by atoms with Crippen LogP contribution in [0, 0.1) is 6.92 Å². The molecule has 37 heavy (non-hydrogen) atoms. The largest absolute Gasteiger partial charge is 0.320 e. The van der Waals surface area contributed by atoms with E-state index in [1.165, 1.54) is 11.8 Å². The van der Waals surface area contributed by atoms with Gasteiger partial charge in [0.2, 0.25) is 4.99 Å². The summed E-state index contributed by atoms with van der Waals surface area (Å²) in [5.74, 6) is -0.262. The first kappa shape index (κ1) is 23.1.